The van der Waals surface area contributed by atoms with Gasteiger partial charge in [-0.05, 0) is 0 Å². The maximum Gasteiger partial charge on any atom is 2.00 e. The molecule has 0 amide bonds. The predicted molar refractivity (Wildman–Crippen MR) is 34.8 cm³/mol. The van der Waals surface area contributed by atoms with Crippen LogP contribution in [0.3, 0.4) is 0 Å². The first kappa shape index (κ1) is 82.8. The Balaban J connectivity index is -0.00000000161. The molecule has 0 saturated heterocycles. The zero-order valence-corrected chi connectivity index (χ0v) is 7.13. The minimum Gasteiger partial charge on any atom is -1.00 e. The van der Waals surface area contributed by atoms with Crippen molar-refractivity contribution in [3.63, 3.8) is 0 Å². The average molecular weight is 195 g/mol. The molecule has 11 N–H and O–H groups in total. The summed E-state index contributed by atoms with van der Waals surface area (Å²) in [4.78, 5) is 8.36. The average Bonchev–Trinajstić information content (AvgIpc) is 0.811. The molecule has 0 rings (SSSR count). The molecular weight excluding hydrogens is 182 g/mol. The molecule has 0 saturated carbocycles. The summed E-state index contributed by atoms with van der Waals surface area (Å²) in [5, 5.41) is 13.6. The molecule has 68 valence electrons. The Bertz CT molecular complexity index is 40.0. The van der Waals surface area contributed by atoms with Crippen LogP contribution >= 0.6 is 0 Å². The van der Waals surface area contributed by atoms with Crippen LogP contribution in [0.4, 0.5) is 0 Å². The monoisotopic (exact) mass is 195 g/mol. The van der Waals surface area contributed by atoms with Crippen molar-refractivity contribution in [2.45, 2.75) is 0 Å². The van der Waals surface area contributed by atoms with E-state index in [9.17, 15) is 0 Å². The third-order valence-corrected chi connectivity index (χ3v) is 0. The Morgan fingerprint density at radius 1 is 1.10 bits per heavy atom. The van der Waals surface area contributed by atoms with Crippen molar-refractivity contribution >= 4 is 37.7 Å². The summed E-state index contributed by atoms with van der Waals surface area (Å²) in [6.07, 6.45) is 0. The minimum absolute atomic E-state index is 0. The summed E-state index contributed by atoms with van der Waals surface area (Å²) in [5.74, 6) is 0. The Hall–Kier alpha value is 0.260. The van der Waals surface area contributed by atoms with E-state index in [1.54, 1.807) is 0 Å². The van der Waals surface area contributed by atoms with E-state index in [0.717, 1.165) is 0 Å². The second kappa shape index (κ2) is 59.5. The van der Waals surface area contributed by atoms with Crippen LogP contribution in [0, 0.1) is 10.1 Å². The van der Waals surface area contributed by atoms with Gasteiger partial charge in [0.15, 0.2) is 0 Å². The van der Waals surface area contributed by atoms with Crippen molar-refractivity contribution in [2.75, 3.05) is 0 Å². The fourth-order valence-electron chi connectivity index (χ4n) is 0. The fourth-order valence-corrected chi connectivity index (χ4v) is 0. The summed E-state index contributed by atoms with van der Waals surface area (Å²) in [5.41, 5.74) is 0. The number of hydrogen-bond acceptors (Lipinski definition) is 2. The van der Waals surface area contributed by atoms with E-state index >= 15 is 0 Å². The topological polar surface area (TPSA) is 221 Å². The molecule has 0 aliphatic heterocycles. The molecule has 0 aliphatic rings. The summed E-state index contributed by atoms with van der Waals surface area (Å²) < 4.78 is 0. The van der Waals surface area contributed by atoms with E-state index in [1.165, 1.54) is 0 Å². The third kappa shape index (κ3) is 6450. The summed E-state index contributed by atoms with van der Waals surface area (Å²) in [7, 11) is 0. The first-order valence-electron chi connectivity index (χ1n) is 0.565. The molecule has 0 heterocycles. The maximum absolute atomic E-state index is 8.36. The van der Waals surface area contributed by atoms with Crippen molar-refractivity contribution in [1.82, 2.24) is 0 Å². The standard InChI is InChI=1S/Ca.HNO3.5H2O.2H/c;2-1(3)4;;;;;;;/h;(H,2,3,4);5*1H2;;/q+2;;;;;;;2*-1. The van der Waals surface area contributed by atoms with Gasteiger partial charge in [-0.3, -0.25) is 0 Å². The van der Waals surface area contributed by atoms with Gasteiger partial charge in [0.1, 0.15) is 0 Å². The second-order valence-corrected chi connectivity index (χ2v) is 0.238. The Kier molecular flexibility index (Phi) is 492. The molecule has 0 aromatic heterocycles. The van der Waals surface area contributed by atoms with Crippen LogP contribution in [0.2, 0.25) is 0 Å². The molecule has 0 unspecified atom stereocenters. The van der Waals surface area contributed by atoms with Crippen LogP contribution in [0.1, 0.15) is 2.85 Å². The second-order valence-electron chi connectivity index (χ2n) is 0.238. The summed E-state index contributed by atoms with van der Waals surface area (Å²) in [6, 6.07) is 0. The van der Waals surface area contributed by atoms with E-state index in [0.29, 0.717) is 0 Å². The van der Waals surface area contributed by atoms with Gasteiger partial charge in [0.05, 0.1) is 0 Å². The van der Waals surface area contributed by atoms with Crippen molar-refractivity contribution in [1.29, 1.82) is 0 Å². The first-order chi connectivity index (χ1) is 1.73. The van der Waals surface area contributed by atoms with Gasteiger partial charge in [-0.1, -0.05) is 0 Å². The molecule has 10 heavy (non-hydrogen) atoms. The normalized spacial score (nSPS) is 2.40. The fraction of sp³-hybridized carbons (Fsp3) is 0. The minimum atomic E-state index is -1.50. The van der Waals surface area contributed by atoms with Gasteiger partial charge in [-0.2, -0.15) is 0 Å². The summed E-state index contributed by atoms with van der Waals surface area (Å²) in [6.45, 7) is 0. The third-order valence-electron chi connectivity index (χ3n) is 0. The molecule has 0 spiro atoms. The van der Waals surface area contributed by atoms with E-state index in [4.69, 9.17) is 15.3 Å². The van der Waals surface area contributed by atoms with Crippen LogP contribution in [0.15, 0.2) is 0 Å². The van der Waals surface area contributed by atoms with Crippen LogP contribution in [-0.4, -0.2) is 75.4 Å². The number of hydrogen-bond donors (Lipinski definition) is 1. The zero-order chi connectivity index (χ0) is 3.58. The SMILES string of the molecule is O.O.O.O.O.O=[N+]([O-])O.[Ca+2].[H-].[H-]. The maximum atomic E-state index is 8.36. The molecule has 0 bridgehead atoms. The van der Waals surface area contributed by atoms with Crippen LogP contribution in [-0.2, 0) is 0 Å². The van der Waals surface area contributed by atoms with E-state index in [2.05, 4.69) is 0 Å². The van der Waals surface area contributed by atoms with Gasteiger partial charge in [-0.15, -0.1) is 10.1 Å². The van der Waals surface area contributed by atoms with Gasteiger partial charge in [0.25, 0.3) is 5.09 Å². The Labute approximate surface area is 88.3 Å². The molecule has 0 aliphatic carbocycles. The Morgan fingerprint density at radius 2 is 1.10 bits per heavy atom. The van der Waals surface area contributed by atoms with Gasteiger partial charge in [0, 0.05) is 0 Å². The predicted octanol–water partition coefficient (Wildman–Crippen LogP) is -4.63. The summed E-state index contributed by atoms with van der Waals surface area (Å²) >= 11 is 0. The Morgan fingerprint density at radius 3 is 1.10 bits per heavy atom. The molecule has 0 aromatic rings. The molecule has 0 radical (unpaired) electrons. The van der Waals surface area contributed by atoms with Crippen molar-refractivity contribution in [3.8, 4) is 0 Å². The molecule has 0 aromatic carbocycles. The quantitative estimate of drug-likeness (QED) is 0.229. The molecule has 10 heteroatoms. The first-order valence-corrected chi connectivity index (χ1v) is 0.565. The van der Waals surface area contributed by atoms with Crippen molar-refractivity contribution < 1.29 is 40.5 Å². The van der Waals surface area contributed by atoms with Crippen molar-refractivity contribution in [2.24, 2.45) is 0 Å². The smallest absolute Gasteiger partial charge is 1.00 e. The van der Waals surface area contributed by atoms with Gasteiger partial charge < -0.3 is 35.4 Å². The molecule has 0 atom stereocenters. The largest absolute Gasteiger partial charge is 2.00 e. The van der Waals surface area contributed by atoms with E-state index in [-0.39, 0.29) is 68.0 Å². The van der Waals surface area contributed by atoms with E-state index in [1.807, 2.05) is 0 Å². The number of rotatable bonds is 0. The van der Waals surface area contributed by atoms with Crippen LogP contribution in [0.25, 0.3) is 0 Å². The zero-order valence-electron chi connectivity index (χ0n) is 6.92. The van der Waals surface area contributed by atoms with Gasteiger partial charge >= 0.3 is 37.7 Å². The molecule has 9 nitrogen and oxygen atoms in total. The van der Waals surface area contributed by atoms with Gasteiger partial charge in [-0.25, -0.2) is 0 Å². The van der Waals surface area contributed by atoms with Crippen LogP contribution in [0.5, 0.6) is 0 Å². The van der Waals surface area contributed by atoms with Crippen molar-refractivity contribution in [3.05, 3.63) is 10.1 Å². The van der Waals surface area contributed by atoms with E-state index < -0.39 is 5.09 Å². The van der Waals surface area contributed by atoms with Gasteiger partial charge in [0.2, 0.25) is 0 Å². The van der Waals surface area contributed by atoms with Crippen LogP contribution < -0.4 is 0 Å². The molecule has 0 fully saturated rings. The molecular formula is H13CaNO8. The number of nitrogens with zero attached hydrogens (tertiary/aromatic N) is 1.